The Morgan fingerprint density at radius 3 is 1.54 bits per heavy atom. The van der Waals surface area contributed by atoms with Crippen LogP contribution in [0.1, 0.15) is 6.92 Å². The maximum Gasteiger partial charge on any atom is 1.00 e. The molecule has 1 unspecified atom stereocenters. The number of carboxylic acid groups (broad SMARTS) is 1. The number of aliphatic carboxylic acids is 1. The summed E-state index contributed by atoms with van der Waals surface area (Å²) in [4.78, 5) is 9.34. The standard InChI is InChI=1S/C3H8O3.C3H6O3.K/c4-1-3(6)2-5;1-2(4)3(5)6;/h3-6H,1-2H2;2,4H,1H3,(H,5,6);/q;;+1/p-1. The van der Waals surface area contributed by atoms with Crippen LogP contribution in [0.2, 0.25) is 0 Å². The Balaban J connectivity index is -0.000000143. The molecule has 13 heavy (non-hydrogen) atoms. The van der Waals surface area contributed by atoms with Crippen molar-refractivity contribution in [1.82, 2.24) is 0 Å². The number of aliphatic hydroxyl groups excluding tert-OH is 4. The number of rotatable bonds is 3. The molecule has 0 radical (unpaired) electrons. The number of aliphatic hydroxyl groups is 4. The average molecular weight is 220 g/mol. The number of carbonyl (C=O) groups excluding carboxylic acids is 1. The monoisotopic (exact) mass is 220 g/mol. The van der Waals surface area contributed by atoms with Gasteiger partial charge in [-0.15, -0.1) is 0 Å². The van der Waals surface area contributed by atoms with Gasteiger partial charge in [-0.25, -0.2) is 0 Å². The van der Waals surface area contributed by atoms with Crippen LogP contribution in [0.15, 0.2) is 0 Å². The fourth-order valence-electron chi connectivity index (χ4n) is 0.0577. The molecule has 0 aliphatic heterocycles. The van der Waals surface area contributed by atoms with E-state index in [4.69, 9.17) is 20.4 Å². The van der Waals surface area contributed by atoms with Crippen molar-refractivity contribution in [1.29, 1.82) is 0 Å². The topological polar surface area (TPSA) is 121 Å². The van der Waals surface area contributed by atoms with Gasteiger partial charge in [-0.2, -0.15) is 0 Å². The van der Waals surface area contributed by atoms with Crippen molar-refractivity contribution in [2.45, 2.75) is 19.1 Å². The van der Waals surface area contributed by atoms with Crippen LogP contribution in [-0.4, -0.2) is 51.8 Å². The molecule has 0 rings (SSSR count). The number of carbonyl (C=O) groups is 1. The predicted octanol–water partition coefficient (Wildman–Crippen LogP) is -6.55. The molecule has 0 bridgehead atoms. The van der Waals surface area contributed by atoms with Crippen LogP contribution in [0, 0.1) is 0 Å². The van der Waals surface area contributed by atoms with Crippen molar-refractivity contribution in [2.24, 2.45) is 0 Å². The zero-order chi connectivity index (χ0) is 10.1. The molecule has 74 valence electrons. The second kappa shape index (κ2) is 12.9. The van der Waals surface area contributed by atoms with Gasteiger partial charge in [0.2, 0.25) is 0 Å². The molecule has 0 aromatic carbocycles. The van der Waals surface area contributed by atoms with Crippen LogP contribution in [0.25, 0.3) is 0 Å². The first-order chi connectivity index (χ1) is 5.45. The molecule has 0 amide bonds. The number of carboxylic acids is 1. The zero-order valence-corrected chi connectivity index (χ0v) is 10.8. The van der Waals surface area contributed by atoms with Gasteiger partial charge in [0.15, 0.2) is 0 Å². The van der Waals surface area contributed by atoms with Gasteiger partial charge in [0.1, 0.15) is 6.10 Å². The SMILES string of the molecule is CC(O)C(=O)[O-].OCC(O)CO.[K+]. The minimum Gasteiger partial charge on any atom is -0.547 e. The Labute approximate surface area is 119 Å². The first-order valence-corrected chi connectivity index (χ1v) is 3.24. The normalized spacial score (nSPS) is 10.9. The van der Waals surface area contributed by atoms with Crippen molar-refractivity contribution in [3.8, 4) is 0 Å². The molecule has 0 saturated heterocycles. The third-order valence-corrected chi connectivity index (χ3v) is 0.763. The Bertz CT molecular complexity index is 114. The summed E-state index contributed by atoms with van der Waals surface area (Å²) in [5, 5.41) is 41.3. The van der Waals surface area contributed by atoms with Crippen molar-refractivity contribution in [3.05, 3.63) is 0 Å². The van der Waals surface area contributed by atoms with Gasteiger partial charge in [0.05, 0.1) is 25.3 Å². The fraction of sp³-hybridized carbons (Fsp3) is 0.833. The van der Waals surface area contributed by atoms with Crippen LogP contribution in [0.4, 0.5) is 0 Å². The summed E-state index contributed by atoms with van der Waals surface area (Å²) in [6.07, 6.45) is -2.30. The van der Waals surface area contributed by atoms with E-state index in [1.165, 1.54) is 0 Å². The Kier molecular flexibility index (Phi) is 19.4. The minimum atomic E-state index is -1.44. The van der Waals surface area contributed by atoms with Crippen LogP contribution < -0.4 is 56.5 Å². The summed E-state index contributed by atoms with van der Waals surface area (Å²) in [6.45, 7) is 0.405. The van der Waals surface area contributed by atoms with E-state index >= 15 is 0 Å². The van der Waals surface area contributed by atoms with Crippen molar-refractivity contribution < 1.29 is 81.7 Å². The van der Waals surface area contributed by atoms with Gasteiger partial charge in [-0.3, -0.25) is 0 Å². The van der Waals surface area contributed by atoms with E-state index in [2.05, 4.69) is 0 Å². The maximum absolute atomic E-state index is 9.34. The molecule has 7 heteroatoms. The third-order valence-electron chi connectivity index (χ3n) is 0.763. The fourth-order valence-corrected chi connectivity index (χ4v) is 0.0577. The van der Waals surface area contributed by atoms with E-state index in [0.29, 0.717) is 0 Å². The first-order valence-electron chi connectivity index (χ1n) is 3.24. The summed E-state index contributed by atoms with van der Waals surface area (Å²) in [5.41, 5.74) is 0. The largest absolute Gasteiger partial charge is 1.00 e. The molecule has 0 spiro atoms. The molecule has 0 saturated carbocycles. The number of hydrogen-bond donors (Lipinski definition) is 4. The molecule has 0 aliphatic carbocycles. The average Bonchev–Trinajstić information content (AvgIpc) is 2.04. The van der Waals surface area contributed by atoms with Gasteiger partial charge < -0.3 is 30.3 Å². The van der Waals surface area contributed by atoms with E-state index in [9.17, 15) is 9.90 Å². The van der Waals surface area contributed by atoms with Crippen LogP contribution in [-0.2, 0) is 4.79 Å². The van der Waals surface area contributed by atoms with Gasteiger partial charge in [-0.1, -0.05) is 0 Å². The van der Waals surface area contributed by atoms with Gasteiger partial charge >= 0.3 is 51.4 Å². The van der Waals surface area contributed by atoms with Gasteiger partial charge in [0.25, 0.3) is 0 Å². The Morgan fingerprint density at radius 1 is 1.31 bits per heavy atom. The zero-order valence-electron chi connectivity index (χ0n) is 7.67. The molecular weight excluding hydrogens is 207 g/mol. The van der Waals surface area contributed by atoms with Crippen molar-refractivity contribution >= 4 is 5.97 Å². The van der Waals surface area contributed by atoms with E-state index in [1.807, 2.05) is 0 Å². The molecule has 0 aliphatic rings. The summed E-state index contributed by atoms with van der Waals surface area (Å²) >= 11 is 0. The first kappa shape index (κ1) is 19.5. The Hall–Kier alpha value is 0.946. The van der Waals surface area contributed by atoms with E-state index in [-0.39, 0.29) is 64.6 Å². The van der Waals surface area contributed by atoms with E-state index in [1.54, 1.807) is 0 Å². The molecule has 0 aromatic rings. The van der Waals surface area contributed by atoms with Crippen LogP contribution >= 0.6 is 0 Å². The molecule has 0 aromatic heterocycles. The molecule has 4 N–H and O–H groups in total. The van der Waals surface area contributed by atoms with Crippen LogP contribution in [0.3, 0.4) is 0 Å². The molecular formula is C6H13KO6. The Morgan fingerprint density at radius 2 is 1.54 bits per heavy atom. The maximum atomic E-state index is 9.34. The quantitative estimate of drug-likeness (QED) is 0.351. The second-order valence-corrected chi connectivity index (χ2v) is 2.01. The predicted molar refractivity (Wildman–Crippen MR) is 36.9 cm³/mol. The summed E-state index contributed by atoms with van der Waals surface area (Å²) in [5.74, 6) is -1.44. The molecule has 1 atom stereocenters. The minimum absolute atomic E-state index is 0. The summed E-state index contributed by atoms with van der Waals surface area (Å²) < 4.78 is 0. The van der Waals surface area contributed by atoms with Crippen LogP contribution in [0.5, 0.6) is 0 Å². The van der Waals surface area contributed by atoms with Gasteiger partial charge in [0, 0.05) is 0 Å². The summed E-state index contributed by atoms with van der Waals surface area (Å²) in [6, 6.07) is 0. The van der Waals surface area contributed by atoms with Crippen molar-refractivity contribution in [2.75, 3.05) is 13.2 Å². The third kappa shape index (κ3) is 19.4. The second-order valence-electron chi connectivity index (χ2n) is 2.01. The van der Waals surface area contributed by atoms with E-state index < -0.39 is 18.2 Å². The summed E-state index contributed by atoms with van der Waals surface area (Å²) in [7, 11) is 0. The van der Waals surface area contributed by atoms with Gasteiger partial charge in [-0.05, 0) is 6.92 Å². The number of hydrogen-bond acceptors (Lipinski definition) is 6. The smallest absolute Gasteiger partial charge is 0.547 e. The molecule has 0 heterocycles. The van der Waals surface area contributed by atoms with Crippen molar-refractivity contribution in [3.63, 3.8) is 0 Å². The molecule has 6 nitrogen and oxygen atoms in total. The van der Waals surface area contributed by atoms with E-state index in [0.717, 1.165) is 6.92 Å². The molecule has 0 fully saturated rings.